The third kappa shape index (κ3) is 2.65. The molecule has 138 valence electrons. The van der Waals surface area contributed by atoms with Gasteiger partial charge in [0.2, 0.25) is 0 Å². The highest BCUT2D eigenvalue weighted by molar-refractivity contribution is 8.21. The van der Waals surface area contributed by atoms with Crippen molar-refractivity contribution in [1.29, 1.82) is 0 Å². The van der Waals surface area contributed by atoms with Gasteiger partial charge < -0.3 is 0 Å². The summed E-state index contributed by atoms with van der Waals surface area (Å²) >= 11 is 4.37. The van der Waals surface area contributed by atoms with E-state index in [-0.39, 0.29) is 0 Å². The molecule has 1 nitrogen and oxygen atoms in total. The van der Waals surface area contributed by atoms with Crippen molar-refractivity contribution in [3.63, 3.8) is 0 Å². The van der Waals surface area contributed by atoms with Gasteiger partial charge in [0.25, 0.3) is 0 Å². The second-order valence-corrected chi connectivity index (χ2v) is 12.2. The van der Waals surface area contributed by atoms with Gasteiger partial charge in [0, 0.05) is 17.6 Å². The largest absolute Gasteiger partial charge is 0.234 e. The van der Waals surface area contributed by atoms with E-state index in [0.29, 0.717) is 21.3 Å². The Balaban J connectivity index is 1.53. The molecule has 0 amide bonds. The van der Waals surface area contributed by atoms with Crippen molar-refractivity contribution in [3.05, 3.63) is 41.5 Å². The minimum absolute atomic E-state index is 0.373. The summed E-state index contributed by atoms with van der Waals surface area (Å²) in [6.07, 6.45) is 19.0. The molecule has 0 unspecified atom stereocenters. The van der Waals surface area contributed by atoms with E-state index in [1.807, 2.05) is 5.94 Å². The van der Waals surface area contributed by atoms with Gasteiger partial charge in [-0.3, -0.25) is 0 Å². The summed E-state index contributed by atoms with van der Waals surface area (Å²) in [5, 5.41) is 0. The van der Waals surface area contributed by atoms with E-state index < -0.39 is 0 Å². The lowest BCUT2D eigenvalue weighted by molar-refractivity contribution is 0.0550. The van der Waals surface area contributed by atoms with Gasteiger partial charge >= 0.3 is 0 Å². The summed E-state index contributed by atoms with van der Waals surface area (Å²) in [4.78, 5) is 10.9. The number of rotatable bonds is 1. The molecule has 3 fully saturated rings. The zero-order valence-corrected chi connectivity index (χ0v) is 17.2. The van der Waals surface area contributed by atoms with Crippen LogP contribution < -0.4 is 0 Å². The summed E-state index contributed by atoms with van der Waals surface area (Å²) in [7, 11) is 0. The van der Waals surface area contributed by atoms with E-state index >= 15 is 0 Å². The Bertz CT molecular complexity index is 735. The SMILES string of the molecule is C[C@@]12CC=C[C@H]1[C@@H]1CCC3=CC4(CC[C@@H]3[C@H]1C(=CC=C=O)C2)SCCS4. The third-order valence-corrected chi connectivity index (χ3v) is 11.1. The molecule has 26 heavy (non-hydrogen) atoms. The zero-order valence-electron chi connectivity index (χ0n) is 15.6. The lowest BCUT2D eigenvalue weighted by Gasteiger charge is -2.54. The van der Waals surface area contributed by atoms with Gasteiger partial charge in [0.05, 0.1) is 4.08 Å². The van der Waals surface area contributed by atoms with Gasteiger partial charge in [-0.05, 0) is 67.6 Å². The molecule has 0 aromatic rings. The minimum atomic E-state index is 0.373. The number of fused-ring (bicyclic) bond motifs is 5. The van der Waals surface area contributed by atoms with E-state index in [1.165, 1.54) is 43.6 Å². The average molecular weight is 385 g/mol. The second kappa shape index (κ2) is 6.47. The van der Waals surface area contributed by atoms with Crippen LogP contribution in [0.3, 0.4) is 0 Å². The van der Waals surface area contributed by atoms with Crippen molar-refractivity contribution in [2.24, 2.45) is 29.1 Å². The van der Waals surface area contributed by atoms with Crippen molar-refractivity contribution in [3.8, 4) is 0 Å². The smallest absolute Gasteiger partial charge is 0.124 e. The molecule has 1 spiro atoms. The van der Waals surface area contributed by atoms with Crippen LogP contribution in [-0.2, 0) is 4.79 Å². The Morgan fingerprint density at radius 2 is 2.12 bits per heavy atom. The molecule has 1 saturated heterocycles. The topological polar surface area (TPSA) is 17.1 Å². The van der Waals surface area contributed by atoms with Crippen LogP contribution in [0.1, 0.15) is 45.4 Å². The van der Waals surface area contributed by atoms with Crippen LogP contribution in [0.5, 0.6) is 0 Å². The number of carbonyl (C=O) groups excluding carboxylic acids is 1. The van der Waals surface area contributed by atoms with E-state index in [0.717, 1.165) is 18.3 Å². The number of allylic oxidation sites excluding steroid dienone is 6. The summed E-state index contributed by atoms with van der Waals surface area (Å²) in [6, 6.07) is 0. The molecule has 0 bridgehead atoms. The first-order valence-electron chi connectivity index (χ1n) is 10.2. The predicted molar refractivity (Wildman–Crippen MR) is 113 cm³/mol. The molecule has 2 saturated carbocycles. The van der Waals surface area contributed by atoms with E-state index in [1.54, 1.807) is 17.2 Å². The van der Waals surface area contributed by atoms with Gasteiger partial charge in [-0.25, -0.2) is 4.79 Å². The number of hydrogen-bond donors (Lipinski definition) is 0. The van der Waals surface area contributed by atoms with Gasteiger partial charge in [0.15, 0.2) is 0 Å². The third-order valence-electron chi connectivity index (χ3n) is 7.72. The van der Waals surface area contributed by atoms with E-state index in [2.05, 4.69) is 54.8 Å². The van der Waals surface area contributed by atoms with Gasteiger partial charge in [-0.15, -0.1) is 23.5 Å². The van der Waals surface area contributed by atoms with Crippen molar-refractivity contribution < 1.29 is 4.79 Å². The maximum absolute atomic E-state index is 10.9. The van der Waals surface area contributed by atoms with Crippen molar-refractivity contribution in [1.82, 2.24) is 0 Å². The van der Waals surface area contributed by atoms with Crippen molar-refractivity contribution >= 4 is 29.5 Å². The van der Waals surface area contributed by atoms with Crippen LogP contribution in [0.4, 0.5) is 0 Å². The Labute approximate surface area is 165 Å². The maximum Gasteiger partial charge on any atom is 0.124 e. The van der Waals surface area contributed by atoms with Crippen LogP contribution in [-0.4, -0.2) is 21.5 Å². The normalized spacial score (nSPS) is 44.2. The quantitative estimate of drug-likeness (QED) is 0.418. The highest BCUT2D eigenvalue weighted by Gasteiger charge is 2.54. The molecule has 1 aliphatic heterocycles. The molecule has 4 aliphatic carbocycles. The fourth-order valence-electron chi connectivity index (χ4n) is 6.71. The first kappa shape index (κ1) is 17.5. The molecule has 0 radical (unpaired) electrons. The first-order chi connectivity index (χ1) is 12.6. The Kier molecular flexibility index (Phi) is 4.34. The fraction of sp³-hybridized carbons (Fsp3) is 0.652. The monoisotopic (exact) mass is 384 g/mol. The molecule has 3 heteroatoms. The molecular weight excluding hydrogens is 356 g/mol. The molecule has 0 aromatic heterocycles. The molecule has 5 rings (SSSR count). The van der Waals surface area contributed by atoms with Crippen LogP contribution in [0.15, 0.2) is 41.5 Å². The molecule has 5 atom stereocenters. The lowest BCUT2D eigenvalue weighted by atomic mass is 9.51. The molecule has 1 heterocycles. The molecule has 0 aromatic carbocycles. The summed E-state index contributed by atoms with van der Waals surface area (Å²) in [5.41, 5.74) is 3.66. The fourth-order valence-corrected chi connectivity index (χ4v) is 9.90. The maximum atomic E-state index is 10.9. The van der Waals surface area contributed by atoms with Crippen molar-refractivity contribution in [2.45, 2.75) is 49.5 Å². The van der Waals surface area contributed by atoms with E-state index in [4.69, 9.17) is 0 Å². The highest BCUT2D eigenvalue weighted by Crippen LogP contribution is 2.63. The minimum Gasteiger partial charge on any atom is -0.234 e. The number of thioether (sulfide) groups is 2. The number of hydrogen-bond acceptors (Lipinski definition) is 3. The van der Waals surface area contributed by atoms with Crippen LogP contribution >= 0.6 is 23.5 Å². The van der Waals surface area contributed by atoms with Crippen LogP contribution in [0, 0.1) is 29.1 Å². The molecule has 5 aliphatic rings. The Hall–Kier alpha value is -0.630. The average Bonchev–Trinajstić information content (AvgIpc) is 3.25. The molecule has 0 N–H and O–H groups in total. The summed E-state index contributed by atoms with van der Waals surface area (Å²) < 4.78 is 0.391. The predicted octanol–water partition coefficient (Wildman–Crippen LogP) is 5.83. The zero-order chi connectivity index (χ0) is 17.8. The summed E-state index contributed by atoms with van der Waals surface area (Å²) in [6.45, 7) is 2.47. The van der Waals surface area contributed by atoms with Crippen LogP contribution in [0.2, 0.25) is 0 Å². The van der Waals surface area contributed by atoms with Gasteiger partial charge in [0.1, 0.15) is 5.94 Å². The molecular formula is C23H28OS2. The summed E-state index contributed by atoms with van der Waals surface area (Å²) in [5.74, 6) is 7.49. The van der Waals surface area contributed by atoms with Crippen molar-refractivity contribution in [2.75, 3.05) is 11.5 Å². The lowest BCUT2D eigenvalue weighted by Crippen LogP contribution is -2.46. The first-order valence-corrected chi connectivity index (χ1v) is 12.2. The highest BCUT2D eigenvalue weighted by atomic mass is 32.2. The Morgan fingerprint density at radius 3 is 2.92 bits per heavy atom. The second-order valence-electron chi connectivity index (χ2n) is 9.12. The standard InChI is InChI=1S/C23H28OS2/c1-22-9-2-5-20(22)19-7-6-16-15-23(25-12-13-26-23)10-8-18(16)21(19)17(14-22)4-3-11-24/h2-5,15,18-21H,6-10,12-14H2,1H3/t18-,19-,20-,21+,22-/m0/s1. The Morgan fingerprint density at radius 1 is 1.27 bits per heavy atom. The van der Waals surface area contributed by atoms with Gasteiger partial charge in [-0.1, -0.05) is 42.4 Å². The van der Waals surface area contributed by atoms with Gasteiger partial charge in [-0.2, -0.15) is 0 Å². The van der Waals surface area contributed by atoms with Crippen LogP contribution in [0.25, 0.3) is 0 Å². The van der Waals surface area contributed by atoms with E-state index in [9.17, 15) is 4.79 Å².